The first-order chi connectivity index (χ1) is 10.9. The molecule has 0 saturated carbocycles. The summed E-state index contributed by atoms with van der Waals surface area (Å²) in [5, 5.41) is 8.53. The highest BCUT2D eigenvalue weighted by Gasteiger charge is 2.12. The number of hydrogen-bond acceptors (Lipinski definition) is 4. The van der Waals surface area contributed by atoms with E-state index in [0.717, 1.165) is 38.3 Å². The number of anilines is 1. The maximum Gasteiger partial charge on any atom is 0.225 e. The molecule has 0 aliphatic heterocycles. The lowest BCUT2D eigenvalue weighted by molar-refractivity contribution is 0.207. The van der Waals surface area contributed by atoms with Gasteiger partial charge in [-0.05, 0) is 37.2 Å². The van der Waals surface area contributed by atoms with Crippen molar-refractivity contribution in [2.75, 3.05) is 24.6 Å². The number of rotatable bonds is 9. The maximum atomic E-state index is 8.53. The molecule has 0 aliphatic rings. The number of unbranched alkanes of at least 4 members (excludes halogenated alkanes) is 1. The smallest absolute Gasteiger partial charge is 0.225 e. The fourth-order valence-corrected chi connectivity index (χ4v) is 1.92. The fraction of sp³-hybridized carbons (Fsp3) is 0.789. The van der Waals surface area contributed by atoms with Gasteiger partial charge < -0.3 is 10.0 Å². The predicted molar refractivity (Wildman–Crippen MR) is 100.0 cm³/mol. The second-order valence-corrected chi connectivity index (χ2v) is 6.67. The zero-order chi connectivity index (χ0) is 17.7. The van der Waals surface area contributed by atoms with E-state index in [1.165, 1.54) is 18.4 Å². The molecule has 23 heavy (non-hydrogen) atoms. The quantitative estimate of drug-likeness (QED) is 0.728. The maximum absolute atomic E-state index is 8.53. The molecule has 1 rings (SSSR count). The summed E-state index contributed by atoms with van der Waals surface area (Å²) in [5.74, 6) is 0.864. The Morgan fingerprint density at radius 1 is 1.09 bits per heavy atom. The first-order valence-electron chi connectivity index (χ1n) is 9.10. The molecule has 134 valence electrons. The van der Waals surface area contributed by atoms with Crippen molar-refractivity contribution < 1.29 is 5.11 Å². The van der Waals surface area contributed by atoms with E-state index in [2.05, 4.69) is 56.4 Å². The zero-order valence-corrected chi connectivity index (χ0v) is 16.1. The topological polar surface area (TPSA) is 49.2 Å². The average Bonchev–Trinajstić information content (AvgIpc) is 2.56. The van der Waals surface area contributed by atoms with Gasteiger partial charge >= 0.3 is 0 Å². The highest BCUT2D eigenvalue weighted by molar-refractivity contribution is 5.29. The summed E-state index contributed by atoms with van der Waals surface area (Å²) in [6, 6.07) is 0. The highest BCUT2D eigenvalue weighted by Crippen LogP contribution is 2.22. The second kappa shape index (κ2) is 12.3. The van der Waals surface area contributed by atoms with Crippen LogP contribution in [-0.2, 0) is 6.42 Å². The van der Waals surface area contributed by atoms with Crippen LogP contribution in [0.1, 0.15) is 72.8 Å². The van der Waals surface area contributed by atoms with Crippen LogP contribution in [0.15, 0.2) is 12.4 Å². The molecule has 4 heteroatoms. The summed E-state index contributed by atoms with van der Waals surface area (Å²) >= 11 is 0. The Labute approximate surface area is 143 Å². The molecule has 0 saturated heterocycles. The Kier molecular flexibility index (Phi) is 11.7. The Morgan fingerprint density at radius 3 is 2.04 bits per heavy atom. The molecule has 0 aromatic carbocycles. The number of aromatic nitrogens is 2. The van der Waals surface area contributed by atoms with Crippen LogP contribution in [0.4, 0.5) is 5.95 Å². The van der Waals surface area contributed by atoms with E-state index in [-0.39, 0.29) is 0 Å². The summed E-state index contributed by atoms with van der Waals surface area (Å²) in [5.41, 5.74) is 1.54. The second-order valence-electron chi connectivity index (χ2n) is 6.67. The van der Waals surface area contributed by atoms with Crippen LogP contribution >= 0.6 is 0 Å². The van der Waals surface area contributed by atoms with Crippen molar-refractivity contribution in [2.45, 2.75) is 73.6 Å². The van der Waals surface area contributed by atoms with E-state index in [9.17, 15) is 0 Å². The van der Waals surface area contributed by atoms with E-state index in [0.29, 0.717) is 12.0 Å². The minimum absolute atomic E-state index is 0.320. The molecule has 0 bridgehead atoms. The van der Waals surface area contributed by atoms with Crippen LogP contribution in [0.3, 0.4) is 0 Å². The van der Waals surface area contributed by atoms with E-state index in [1.54, 1.807) is 0 Å². The first-order valence-corrected chi connectivity index (χ1v) is 9.10. The summed E-state index contributed by atoms with van der Waals surface area (Å²) in [4.78, 5) is 11.0. The molecule has 1 aromatic rings. The molecule has 4 nitrogen and oxygen atoms in total. The third-order valence-corrected chi connectivity index (χ3v) is 4.29. The standard InChI is InChI=1S/C12H21N3.C7H16O/c1-4-7-8-15(6-3)12-13-9-11(5-2)10-14-12;1-4-7(2,3)5-6-8/h9-10H,4-8H2,1-3H3;8H,4-6H2,1-3H3. The van der Waals surface area contributed by atoms with Crippen molar-refractivity contribution >= 4 is 5.95 Å². The van der Waals surface area contributed by atoms with Gasteiger partial charge in [-0.3, -0.25) is 0 Å². The number of aryl methyl sites for hydroxylation is 1. The van der Waals surface area contributed by atoms with Gasteiger partial charge in [0.25, 0.3) is 0 Å². The van der Waals surface area contributed by atoms with Crippen LogP contribution in [-0.4, -0.2) is 34.8 Å². The lowest BCUT2D eigenvalue weighted by Crippen LogP contribution is -2.25. The van der Waals surface area contributed by atoms with Crippen molar-refractivity contribution in [2.24, 2.45) is 5.41 Å². The average molecular weight is 324 g/mol. The molecule has 0 aliphatic carbocycles. The molecule has 0 amide bonds. The molecular formula is C19H37N3O. The fourth-order valence-electron chi connectivity index (χ4n) is 1.92. The number of hydrogen-bond donors (Lipinski definition) is 1. The van der Waals surface area contributed by atoms with Crippen LogP contribution in [0.5, 0.6) is 0 Å². The highest BCUT2D eigenvalue weighted by atomic mass is 16.3. The van der Waals surface area contributed by atoms with Crippen LogP contribution in [0, 0.1) is 5.41 Å². The minimum Gasteiger partial charge on any atom is -0.396 e. The van der Waals surface area contributed by atoms with Gasteiger partial charge in [-0.2, -0.15) is 0 Å². The largest absolute Gasteiger partial charge is 0.396 e. The zero-order valence-electron chi connectivity index (χ0n) is 16.1. The molecule has 0 unspecified atom stereocenters. The summed E-state index contributed by atoms with van der Waals surface area (Å²) in [6.45, 7) is 15.3. The SMILES string of the molecule is CCC(C)(C)CCO.CCCCN(CC)c1ncc(CC)cn1. The van der Waals surface area contributed by atoms with Gasteiger partial charge in [-0.25, -0.2) is 9.97 Å². The molecule has 0 atom stereocenters. The monoisotopic (exact) mass is 323 g/mol. The van der Waals surface area contributed by atoms with Gasteiger partial charge in [0.15, 0.2) is 0 Å². The molecular weight excluding hydrogens is 286 g/mol. The van der Waals surface area contributed by atoms with Gasteiger partial charge in [0.2, 0.25) is 5.95 Å². The van der Waals surface area contributed by atoms with Gasteiger partial charge in [-0.1, -0.05) is 47.5 Å². The Bertz CT molecular complexity index is 390. The van der Waals surface area contributed by atoms with Crippen molar-refractivity contribution in [3.05, 3.63) is 18.0 Å². The molecule has 1 aromatic heterocycles. The predicted octanol–water partition coefficient (Wildman–Crippen LogP) is 4.47. The van der Waals surface area contributed by atoms with E-state index >= 15 is 0 Å². The Hall–Kier alpha value is -1.16. The van der Waals surface area contributed by atoms with E-state index in [1.807, 2.05) is 12.4 Å². The molecule has 1 heterocycles. The molecule has 0 spiro atoms. The van der Waals surface area contributed by atoms with Gasteiger partial charge in [0.1, 0.15) is 0 Å². The summed E-state index contributed by atoms with van der Waals surface area (Å²) < 4.78 is 0. The number of aliphatic hydroxyl groups is 1. The van der Waals surface area contributed by atoms with Crippen molar-refractivity contribution in [1.82, 2.24) is 9.97 Å². The van der Waals surface area contributed by atoms with Crippen LogP contribution in [0.2, 0.25) is 0 Å². The lowest BCUT2D eigenvalue weighted by atomic mass is 9.87. The van der Waals surface area contributed by atoms with E-state index < -0.39 is 0 Å². The van der Waals surface area contributed by atoms with Gasteiger partial charge in [0.05, 0.1) is 0 Å². The Balaban J connectivity index is 0.000000515. The van der Waals surface area contributed by atoms with Crippen LogP contribution < -0.4 is 4.90 Å². The molecule has 0 fully saturated rings. The minimum atomic E-state index is 0.320. The van der Waals surface area contributed by atoms with Gasteiger partial charge in [0, 0.05) is 32.1 Å². The van der Waals surface area contributed by atoms with Crippen LogP contribution in [0.25, 0.3) is 0 Å². The number of nitrogens with zero attached hydrogens (tertiary/aromatic N) is 3. The summed E-state index contributed by atoms with van der Waals surface area (Å²) in [7, 11) is 0. The third-order valence-electron chi connectivity index (χ3n) is 4.29. The van der Waals surface area contributed by atoms with Crippen molar-refractivity contribution in [3.63, 3.8) is 0 Å². The van der Waals surface area contributed by atoms with Crippen molar-refractivity contribution in [3.8, 4) is 0 Å². The lowest BCUT2D eigenvalue weighted by Gasteiger charge is -2.20. The summed E-state index contributed by atoms with van der Waals surface area (Å²) in [6.07, 6.45) is 9.34. The van der Waals surface area contributed by atoms with Gasteiger partial charge in [-0.15, -0.1) is 0 Å². The normalized spacial score (nSPS) is 10.9. The first kappa shape index (κ1) is 21.8. The molecule has 0 radical (unpaired) electrons. The molecule has 1 N–H and O–H groups in total. The van der Waals surface area contributed by atoms with Crippen molar-refractivity contribution in [1.29, 1.82) is 0 Å². The Morgan fingerprint density at radius 2 is 1.70 bits per heavy atom. The van der Waals surface area contributed by atoms with E-state index in [4.69, 9.17) is 5.11 Å². The number of aliphatic hydroxyl groups excluding tert-OH is 1. The third kappa shape index (κ3) is 9.54.